The zero-order chi connectivity index (χ0) is 12.1. The predicted octanol–water partition coefficient (Wildman–Crippen LogP) is -1.50. The van der Waals surface area contributed by atoms with Gasteiger partial charge in [-0.25, -0.2) is 8.42 Å². The molecule has 7 nitrogen and oxygen atoms in total. The van der Waals surface area contributed by atoms with Crippen molar-refractivity contribution >= 4 is 21.8 Å². The molecule has 0 saturated carbocycles. The summed E-state index contributed by atoms with van der Waals surface area (Å²) in [5.74, 6) is -2.64. The summed E-state index contributed by atoms with van der Waals surface area (Å²) in [4.78, 5) is 21.7. The van der Waals surface area contributed by atoms with Gasteiger partial charge in [-0.15, -0.1) is 0 Å². The molecule has 15 heavy (non-hydrogen) atoms. The molecule has 0 unspecified atom stereocenters. The van der Waals surface area contributed by atoms with Gasteiger partial charge in [0.2, 0.25) is 0 Å². The van der Waals surface area contributed by atoms with Crippen LogP contribution in [0.15, 0.2) is 0 Å². The largest absolute Gasteiger partial charge is 0.480 e. The molecule has 0 aliphatic rings. The fraction of sp³-hybridized carbons (Fsp3) is 0.714. The monoisotopic (exact) mass is 239 g/mol. The Labute approximate surface area is 87.2 Å². The quantitative estimate of drug-likeness (QED) is 0.556. The van der Waals surface area contributed by atoms with E-state index in [9.17, 15) is 18.0 Å². The SMILES string of the molecule is CS(=O)(=O)CCN(CC(=O)O)CC(=O)O. The van der Waals surface area contributed by atoms with Crippen molar-refractivity contribution in [1.82, 2.24) is 4.90 Å². The van der Waals surface area contributed by atoms with Crippen LogP contribution in [0.2, 0.25) is 0 Å². The molecule has 0 aliphatic heterocycles. The number of carboxylic acids is 2. The van der Waals surface area contributed by atoms with E-state index in [1.165, 1.54) is 0 Å². The van der Waals surface area contributed by atoms with Gasteiger partial charge in [0.1, 0.15) is 9.84 Å². The van der Waals surface area contributed by atoms with Crippen molar-refractivity contribution < 1.29 is 28.2 Å². The summed E-state index contributed by atoms with van der Waals surface area (Å²) in [5.41, 5.74) is 0. The molecular formula is C7H13NO6S. The number of aliphatic carboxylic acids is 2. The molecule has 0 aromatic carbocycles. The summed E-state index contributed by atoms with van der Waals surface area (Å²) in [6.07, 6.45) is 1.01. The lowest BCUT2D eigenvalue weighted by Crippen LogP contribution is -2.37. The molecule has 0 saturated heterocycles. The van der Waals surface area contributed by atoms with E-state index in [-0.39, 0.29) is 12.3 Å². The highest BCUT2D eigenvalue weighted by molar-refractivity contribution is 7.90. The molecule has 0 amide bonds. The fourth-order valence-electron chi connectivity index (χ4n) is 0.892. The Morgan fingerprint density at radius 1 is 1.13 bits per heavy atom. The topological polar surface area (TPSA) is 112 Å². The van der Waals surface area contributed by atoms with Gasteiger partial charge in [-0.3, -0.25) is 14.5 Å². The van der Waals surface area contributed by atoms with E-state index >= 15 is 0 Å². The van der Waals surface area contributed by atoms with Crippen LogP contribution in [-0.4, -0.2) is 67.1 Å². The summed E-state index contributed by atoms with van der Waals surface area (Å²) in [7, 11) is -3.22. The number of hydrogen-bond acceptors (Lipinski definition) is 5. The Morgan fingerprint density at radius 3 is 1.80 bits per heavy atom. The van der Waals surface area contributed by atoms with Crippen molar-refractivity contribution in [3.8, 4) is 0 Å². The van der Waals surface area contributed by atoms with E-state index in [1.807, 2.05) is 0 Å². The highest BCUT2D eigenvalue weighted by Gasteiger charge is 2.15. The minimum atomic E-state index is -3.22. The van der Waals surface area contributed by atoms with Gasteiger partial charge in [-0.1, -0.05) is 0 Å². The standard InChI is InChI=1S/C7H13NO6S/c1-15(13,14)3-2-8(4-6(9)10)5-7(11)12/h2-5H2,1H3,(H,9,10)(H,11,12). The molecule has 8 heteroatoms. The van der Waals surface area contributed by atoms with Gasteiger partial charge in [0.25, 0.3) is 0 Å². The molecule has 0 heterocycles. The highest BCUT2D eigenvalue weighted by Crippen LogP contribution is 1.91. The molecule has 0 radical (unpaired) electrons. The Hall–Kier alpha value is -1.15. The highest BCUT2D eigenvalue weighted by atomic mass is 32.2. The van der Waals surface area contributed by atoms with E-state index in [1.54, 1.807) is 0 Å². The smallest absolute Gasteiger partial charge is 0.317 e. The van der Waals surface area contributed by atoms with Gasteiger partial charge in [0.05, 0.1) is 18.8 Å². The second kappa shape index (κ2) is 5.66. The second-order valence-electron chi connectivity index (χ2n) is 3.13. The Balaban J connectivity index is 4.24. The second-order valence-corrected chi connectivity index (χ2v) is 5.39. The van der Waals surface area contributed by atoms with Gasteiger partial charge in [0, 0.05) is 12.8 Å². The van der Waals surface area contributed by atoms with Crippen LogP contribution in [0.5, 0.6) is 0 Å². The van der Waals surface area contributed by atoms with E-state index < -0.39 is 34.9 Å². The van der Waals surface area contributed by atoms with Crippen molar-refractivity contribution in [2.45, 2.75) is 0 Å². The number of sulfone groups is 1. The van der Waals surface area contributed by atoms with Crippen molar-refractivity contribution in [3.63, 3.8) is 0 Å². The van der Waals surface area contributed by atoms with Gasteiger partial charge < -0.3 is 10.2 Å². The summed E-state index contributed by atoms with van der Waals surface area (Å²) >= 11 is 0. The van der Waals surface area contributed by atoms with E-state index in [4.69, 9.17) is 10.2 Å². The molecule has 0 bridgehead atoms. The van der Waals surface area contributed by atoms with Crippen LogP contribution in [0.1, 0.15) is 0 Å². The first-order chi connectivity index (χ1) is 6.70. The maximum atomic E-state index is 10.8. The average Bonchev–Trinajstić information content (AvgIpc) is 1.96. The first-order valence-electron chi connectivity index (χ1n) is 4.04. The van der Waals surface area contributed by atoms with Gasteiger partial charge in [-0.2, -0.15) is 0 Å². The van der Waals surface area contributed by atoms with E-state index in [0.717, 1.165) is 11.2 Å². The lowest BCUT2D eigenvalue weighted by atomic mass is 10.4. The molecule has 0 aromatic heterocycles. The van der Waals surface area contributed by atoms with Gasteiger partial charge in [0.15, 0.2) is 0 Å². The van der Waals surface area contributed by atoms with Crippen LogP contribution in [0.25, 0.3) is 0 Å². The average molecular weight is 239 g/mol. The minimum absolute atomic E-state index is 0.0998. The molecule has 88 valence electrons. The first kappa shape index (κ1) is 13.8. The summed E-state index contributed by atoms with van der Waals surface area (Å²) in [6, 6.07) is 0. The maximum Gasteiger partial charge on any atom is 0.317 e. The molecule has 0 aliphatic carbocycles. The summed E-state index contributed by atoms with van der Waals surface area (Å²) in [5, 5.41) is 16.9. The van der Waals surface area contributed by atoms with Crippen LogP contribution in [0, 0.1) is 0 Å². The van der Waals surface area contributed by atoms with E-state index in [0.29, 0.717) is 0 Å². The van der Waals surface area contributed by atoms with Crippen molar-refractivity contribution in [3.05, 3.63) is 0 Å². The van der Waals surface area contributed by atoms with Gasteiger partial charge in [-0.05, 0) is 0 Å². The zero-order valence-electron chi connectivity index (χ0n) is 8.21. The van der Waals surface area contributed by atoms with Gasteiger partial charge >= 0.3 is 11.9 Å². The molecule has 0 aromatic rings. The number of hydrogen-bond donors (Lipinski definition) is 2. The fourth-order valence-corrected chi connectivity index (χ4v) is 1.48. The zero-order valence-corrected chi connectivity index (χ0v) is 9.03. The van der Waals surface area contributed by atoms with E-state index in [2.05, 4.69) is 0 Å². The summed E-state index contributed by atoms with van der Waals surface area (Å²) < 4.78 is 21.6. The minimum Gasteiger partial charge on any atom is -0.480 e. The Bertz CT molecular complexity index is 319. The van der Waals surface area contributed by atoms with Crippen LogP contribution in [0.3, 0.4) is 0 Å². The Morgan fingerprint density at radius 2 is 1.53 bits per heavy atom. The van der Waals surface area contributed by atoms with Crippen molar-refractivity contribution in [1.29, 1.82) is 0 Å². The molecule has 0 fully saturated rings. The van der Waals surface area contributed by atoms with Crippen molar-refractivity contribution in [2.24, 2.45) is 0 Å². The van der Waals surface area contributed by atoms with Crippen LogP contribution in [-0.2, 0) is 19.4 Å². The molecule has 0 rings (SSSR count). The number of carbonyl (C=O) groups is 2. The molecular weight excluding hydrogens is 226 g/mol. The molecule has 0 spiro atoms. The first-order valence-corrected chi connectivity index (χ1v) is 6.10. The third-order valence-corrected chi connectivity index (χ3v) is 2.42. The van der Waals surface area contributed by atoms with Crippen LogP contribution < -0.4 is 0 Å². The lowest BCUT2D eigenvalue weighted by Gasteiger charge is -2.16. The van der Waals surface area contributed by atoms with Crippen molar-refractivity contribution in [2.75, 3.05) is 31.6 Å². The third-order valence-electron chi connectivity index (χ3n) is 1.50. The lowest BCUT2D eigenvalue weighted by molar-refractivity contribution is -0.141. The number of carboxylic acid groups (broad SMARTS) is 2. The predicted molar refractivity (Wildman–Crippen MR) is 51.4 cm³/mol. The Kier molecular flexibility index (Phi) is 5.23. The number of rotatable bonds is 7. The van der Waals surface area contributed by atoms with Crippen LogP contribution >= 0.6 is 0 Å². The van der Waals surface area contributed by atoms with Crippen LogP contribution in [0.4, 0.5) is 0 Å². The maximum absolute atomic E-state index is 10.8. The molecule has 0 atom stereocenters. The summed E-state index contributed by atoms with van der Waals surface area (Å²) in [6.45, 7) is -1.07. The third kappa shape index (κ3) is 9.16. The molecule has 2 N–H and O–H groups in total. The number of nitrogens with zero attached hydrogens (tertiary/aromatic N) is 1. The normalized spacial score (nSPS) is 11.6.